The SMILES string of the molecule is CCCCc1cc(=S)nc(COC)[nH]1. The molecule has 4 heteroatoms. The number of nitrogens with one attached hydrogen (secondary N) is 1. The maximum absolute atomic E-state index is 5.07. The molecule has 1 heterocycles. The van der Waals surface area contributed by atoms with Crippen molar-refractivity contribution in [3.8, 4) is 0 Å². The molecule has 0 aliphatic heterocycles. The lowest BCUT2D eigenvalue weighted by atomic mass is 10.2. The Hall–Kier alpha value is -0.740. The smallest absolute Gasteiger partial charge is 0.133 e. The number of nitrogens with zero attached hydrogens (tertiary/aromatic N) is 1. The third kappa shape index (κ3) is 3.55. The van der Waals surface area contributed by atoms with Gasteiger partial charge in [0.1, 0.15) is 17.1 Å². The molecule has 1 aromatic rings. The van der Waals surface area contributed by atoms with Crippen LogP contribution in [-0.4, -0.2) is 17.1 Å². The van der Waals surface area contributed by atoms with Crippen LogP contribution in [0.25, 0.3) is 0 Å². The number of hydrogen-bond acceptors (Lipinski definition) is 3. The van der Waals surface area contributed by atoms with Crippen LogP contribution in [0, 0.1) is 4.64 Å². The number of unbranched alkanes of at least 4 members (excludes halogenated alkanes) is 1. The van der Waals surface area contributed by atoms with Crippen molar-refractivity contribution in [2.24, 2.45) is 0 Å². The predicted octanol–water partition coefficient (Wildman–Crippen LogP) is 2.63. The second-order valence-electron chi connectivity index (χ2n) is 3.23. The van der Waals surface area contributed by atoms with Gasteiger partial charge in [-0.3, -0.25) is 0 Å². The number of ether oxygens (including phenoxy) is 1. The van der Waals surface area contributed by atoms with E-state index in [1.807, 2.05) is 6.07 Å². The van der Waals surface area contributed by atoms with Gasteiger partial charge in [0.2, 0.25) is 0 Å². The highest BCUT2D eigenvalue weighted by molar-refractivity contribution is 7.71. The molecule has 3 nitrogen and oxygen atoms in total. The van der Waals surface area contributed by atoms with Gasteiger partial charge in [-0.2, -0.15) is 0 Å². The molecule has 78 valence electrons. The minimum Gasteiger partial charge on any atom is -0.377 e. The molecule has 1 aromatic heterocycles. The fourth-order valence-corrected chi connectivity index (χ4v) is 1.52. The first-order valence-electron chi connectivity index (χ1n) is 4.84. The number of rotatable bonds is 5. The molecule has 0 aliphatic rings. The van der Waals surface area contributed by atoms with Gasteiger partial charge in [-0.25, -0.2) is 4.98 Å². The molecule has 0 saturated carbocycles. The van der Waals surface area contributed by atoms with Gasteiger partial charge in [0.05, 0.1) is 0 Å². The Morgan fingerprint density at radius 3 is 3.00 bits per heavy atom. The standard InChI is InChI=1S/C10H16N2OS/c1-3-4-5-8-6-10(14)12-9(11-8)7-13-2/h6H,3-5,7H2,1-2H3,(H,11,12,14). The summed E-state index contributed by atoms with van der Waals surface area (Å²) >= 11 is 5.07. The van der Waals surface area contributed by atoms with Gasteiger partial charge >= 0.3 is 0 Å². The van der Waals surface area contributed by atoms with E-state index in [1.165, 1.54) is 12.8 Å². The van der Waals surface area contributed by atoms with E-state index in [0.717, 1.165) is 17.9 Å². The Morgan fingerprint density at radius 2 is 2.36 bits per heavy atom. The monoisotopic (exact) mass is 212 g/mol. The lowest BCUT2D eigenvalue weighted by Gasteiger charge is -2.04. The topological polar surface area (TPSA) is 37.9 Å². The normalized spacial score (nSPS) is 10.4. The largest absolute Gasteiger partial charge is 0.377 e. The number of aryl methyl sites for hydroxylation is 1. The highest BCUT2D eigenvalue weighted by atomic mass is 32.1. The van der Waals surface area contributed by atoms with Gasteiger partial charge < -0.3 is 9.72 Å². The van der Waals surface area contributed by atoms with Crippen LogP contribution < -0.4 is 0 Å². The molecule has 0 atom stereocenters. The average Bonchev–Trinajstić information content (AvgIpc) is 2.14. The number of aromatic amines is 1. The maximum Gasteiger partial charge on any atom is 0.133 e. The fraction of sp³-hybridized carbons (Fsp3) is 0.600. The summed E-state index contributed by atoms with van der Waals surface area (Å²) in [5, 5.41) is 0. The summed E-state index contributed by atoms with van der Waals surface area (Å²) in [6, 6.07) is 1.92. The zero-order valence-electron chi connectivity index (χ0n) is 8.67. The third-order valence-electron chi connectivity index (χ3n) is 1.93. The van der Waals surface area contributed by atoms with Gasteiger partial charge in [0.25, 0.3) is 0 Å². The van der Waals surface area contributed by atoms with Crippen molar-refractivity contribution < 1.29 is 4.74 Å². The Bertz CT molecular complexity index is 335. The van der Waals surface area contributed by atoms with Crippen molar-refractivity contribution in [2.45, 2.75) is 32.8 Å². The van der Waals surface area contributed by atoms with E-state index >= 15 is 0 Å². The van der Waals surface area contributed by atoms with Crippen molar-refractivity contribution in [1.82, 2.24) is 9.97 Å². The number of H-pyrrole nitrogens is 1. The van der Waals surface area contributed by atoms with E-state index in [0.29, 0.717) is 11.2 Å². The summed E-state index contributed by atoms with van der Waals surface area (Å²) in [6.07, 6.45) is 3.38. The molecule has 0 radical (unpaired) electrons. The Labute approximate surface area is 89.5 Å². The van der Waals surface area contributed by atoms with Crippen molar-refractivity contribution in [3.63, 3.8) is 0 Å². The summed E-state index contributed by atoms with van der Waals surface area (Å²) in [5.41, 5.74) is 1.15. The quantitative estimate of drug-likeness (QED) is 0.762. The second kappa shape index (κ2) is 5.88. The molecule has 0 fully saturated rings. The molecule has 14 heavy (non-hydrogen) atoms. The Morgan fingerprint density at radius 1 is 1.57 bits per heavy atom. The van der Waals surface area contributed by atoms with Crippen LogP contribution in [0.3, 0.4) is 0 Å². The highest BCUT2D eigenvalue weighted by Gasteiger charge is 1.98. The Balaban J connectivity index is 2.78. The van der Waals surface area contributed by atoms with Crippen molar-refractivity contribution in [1.29, 1.82) is 0 Å². The van der Waals surface area contributed by atoms with Gasteiger partial charge in [-0.1, -0.05) is 25.6 Å². The molecule has 0 aliphatic carbocycles. The summed E-state index contributed by atoms with van der Waals surface area (Å²) < 4.78 is 5.64. The maximum atomic E-state index is 5.07. The summed E-state index contributed by atoms with van der Waals surface area (Å²) in [4.78, 5) is 7.38. The number of aromatic nitrogens is 2. The van der Waals surface area contributed by atoms with Crippen LogP contribution in [-0.2, 0) is 17.8 Å². The second-order valence-corrected chi connectivity index (χ2v) is 3.65. The predicted molar refractivity (Wildman–Crippen MR) is 58.7 cm³/mol. The van der Waals surface area contributed by atoms with E-state index in [4.69, 9.17) is 17.0 Å². The molecule has 0 spiro atoms. The van der Waals surface area contributed by atoms with E-state index < -0.39 is 0 Å². The van der Waals surface area contributed by atoms with Gasteiger partial charge in [-0.05, 0) is 18.9 Å². The molecule has 0 bridgehead atoms. The lowest BCUT2D eigenvalue weighted by molar-refractivity contribution is 0.177. The first kappa shape index (κ1) is 11.3. The van der Waals surface area contributed by atoms with E-state index in [9.17, 15) is 0 Å². The third-order valence-corrected chi connectivity index (χ3v) is 2.14. The van der Waals surface area contributed by atoms with Crippen LogP contribution in [0.1, 0.15) is 31.3 Å². The molecule has 0 unspecified atom stereocenters. The molecule has 0 amide bonds. The van der Waals surface area contributed by atoms with Crippen molar-refractivity contribution in [3.05, 3.63) is 22.2 Å². The minimum atomic E-state index is 0.490. The Kier molecular flexibility index (Phi) is 4.76. The van der Waals surface area contributed by atoms with Crippen LogP contribution in [0.5, 0.6) is 0 Å². The number of methoxy groups -OCH3 is 1. The van der Waals surface area contributed by atoms with Crippen molar-refractivity contribution in [2.75, 3.05) is 7.11 Å². The minimum absolute atomic E-state index is 0.490. The van der Waals surface area contributed by atoms with E-state index in [2.05, 4.69) is 16.9 Å². The zero-order valence-corrected chi connectivity index (χ0v) is 9.49. The molecule has 1 N–H and O–H groups in total. The molecule has 1 rings (SSSR count). The lowest BCUT2D eigenvalue weighted by Crippen LogP contribution is -2.01. The summed E-state index contributed by atoms with van der Waals surface area (Å²) in [6.45, 7) is 2.66. The van der Waals surface area contributed by atoms with Crippen molar-refractivity contribution >= 4 is 12.2 Å². The fourth-order valence-electron chi connectivity index (χ4n) is 1.27. The molecular formula is C10H16N2OS. The van der Waals surface area contributed by atoms with Gasteiger partial charge in [0.15, 0.2) is 0 Å². The van der Waals surface area contributed by atoms with E-state index in [-0.39, 0.29) is 0 Å². The first-order chi connectivity index (χ1) is 6.76. The summed E-state index contributed by atoms with van der Waals surface area (Å²) in [7, 11) is 1.65. The van der Waals surface area contributed by atoms with Crippen LogP contribution in [0.15, 0.2) is 6.07 Å². The van der Waals surface area contributed by atoms with Gasteiger partial charge in [0, 0.05) is 12.8 Å². The molecular weight excluding hydrogens is 196 g/mol. The number of hydrogen-bond donors (Lipinski definition) is 1. The van der Waals surface area contributed by atoms with Gasteiger partial charge in [-0.15, -0.1) is 0 Å². The highest BCUT2D eigenvalue weighted by Crippen LogP contribution is 2.03. The van der Waals surface area contributed by atoms with E-state index in [1.54, 1.807) is 7.11 Å². The van der Waals surface area contributed by atoms with Crippen LogP contribution in [0.2, 0.25) is 0 Å². The summed E-state index contributed by atoms with van der Waals surface area (Å²) in [5.74, 6) is 0.811. The van der Waals surface area contributed by atoms with Crippen LogP contribution in [0.4, 0.5) is 0 Å². The average molecular weight is 212 g/mol. The first-order valence-corrected chi connectivity index (χ1v) is 5.25. The molecule has 0 saturated heterocycles. The zero-order chi connectivity index (χ0) is 10.4. The molecule has 0 aromatic carbocycles. The van der Waals surface area contributed by atoms with Crippen LogP contribution >= 0.6 is 12.2 Å².